The Labute approximate surface area is 217 Å². The summed E-state index contributed by atoms with van der Waals surface area (Å²) < 4.78 is 5.20. The maximum absolute atomic E-state index is 13.4. The number of carbonyl (C=O) groups is 2. The van der Waals surface area contributed by atoms with Gasteiger partial charge in [0.2, 0.25) is 5.91 Å². The predicted octanol–water partition coefficient (Wildman–Crippen LogP) is 5.46. The number of nitriles is 1. The van der Waals surface area contributed by atoms with Crippen LogP contribution in [0.25, 0.3) is 0 Å². The zero-order valence-electron chi connectivity index (χ0n) is 19.7. The standard InChI is InChI=1S/C27H24N4O3S2/c1-17-24(26(33)31-18-8-4-3-5-9-18)25(22-12-7-13-35-22)21(15-28)27(29-17)36-16-23(32)30-19-10-6-11-20(14-19)34-2/h3-14,25,29H,16H2,1-2H3,(H,30,32)(H,31,33)/t25-/m0/s1. The Morgan fingerprint density at radius 1 is 1.08 bits per heavy atom. The number of benzene rings is 2. The molecule has 4 rings (SSSR count). The zero-order chi connectivity index (χ0) is 25.5. The van der Waals surface area contributed by atoms with Gasteiger partial charge in [-0.1, -0.05) is 42.1 Å². The van der Waals surface area contributed by atoms with Gasteiger partial charge >= 0.3 is 0 Å². The highest BCUT2D eigenvalue weighted by molar-refractivity contribution is 8.03. The molecule has 1 aliphatic rings. The summed E-state index contributed by atoms with van der Waals surface area (Å²) in [6.07, 6.45) is 0. The summed E-state index contributed by atoms with van der Waals surface area (Å²) in [6, 6.07) is 22.4. The number of nitrogens with one attached hydrogen (secondary N) is 3. The molecule has 9 heteroatoms. The summed E-state index contributed by atoms with van der Waals surface area (Å²) >= 11 is 2.71. The van der Waals surface area contributed by atoms with Gasteiger partial charge in [-0.15, -0.1) is 11.3 Å². The second kappa shape index (κ2) is 11.6. The van der Waals surface area contributed by atoms with Crippen molar-refractivity contribution in [1.82, 2.24) is 5.32 Å². The average Bonchev–Trinajstić information content (AvgIpc) is 3.42. The van der Waals surface area contributed by atoms with Crippen molar-refractivity contribution < 1.29 is 14.3 Å². The SMILES string of the molecule is COc1cccc(NC(=O)CSC2=C(C#N)[C@@H](c3cccs3)C(C(=O)Nc3ccccc3)=C(C)N2)c1. The van der Waals surface area contributed by atoms with Gasteiger partial charge in [-0.3, -0.25) is 9.59 Å². The fourth-order valence-electron chi connectivity index (χ4n) is 3.82. The van der Waals surface area contributed by atoms with Crippen LogP contribution in [0.3, 0.4) is 0 Å². The summed E-state index contributed by atoms with van der Waals surface area (Å²) in [6.45, 7) is 1.81. The van der Waals surface area contributed by atoms with Crippen molar-refractivity contribution in [2.45, 2.75) is 12.8 Å². The van der Waals surface area contributed by atoms with Gasteiger partial charge in [0.15, 0.2) is 0 Å². The highest BCUT2D eigenvalue weighted by atomic mass is 32.2. The van der Waals surface area contributed by atoms with Crippen LogP contribution in [-0.2, 0) is 9.59 Å². The van der Waals surface area contributed by atoms with Crippen LogP contribution in [0.4, 0.5) is 11.4 Å². The van der Waals surface area contributed by atoms with Crippen LogP contribution >= 0.6 is 23.1 Å². The van der Waals surface area contributed by atoms with Crippen LogP contribution in [0.5, 0.6) is 5.75 Å². The average molecular weight is 517 g/mol. The largest absolute Gasteiger partial charge is 0.497 e. The van der Waals surface area contributed by atoms with Crippen molar-refractivity contribution in [1.29, 1.82) is 5.26 Å². The Morgan fingerprint density at radius 3 is 2.56 bits per heavy atom. The number of nitrogens with zero attached hydrogens (tertiary/aromatic N) is 1. The monoisotopic (exact) mass is 516 g/mol. The molecule has 7 nitrogen and oxygen atoms in total. The molecule has 3 aromatic rings. The van der Waals surface area contributed by atoms with Gasteiger partial charge in [0, 0.05) is 33.6 Å². The molecule has 0 spiro atoms. The number of carbonyl (C=O) groups excluding carboxylic acids is 2. The van der Waals surface area contributed by atoms with E-state index in [4.69, 9.17) is 4.74 Å². The Bertz CT molecular complexity index is 1360. The molecule has 0 radical (unpaired) electrons. The van der Waals surface area contributed by atoms with E-state index < -0.39 is 5.92 Å². The number of para-hydroxylation sites is 1. The highest BCUT2D eigenvalue weighted by Gasteiger charge is 2.35. The number of thioether (sulfide) groups is 1. The lowest BCUT2D eigenvalue weighted by atomic mass is 9.86. The lowest BCUT2D eigenvalue weighted by Gasteiger charge is -2.29. The second-order valence-corrected chi connectivity index (χ2v) is 9.82. The number of methoxy groups -OCH3 is 1. The molecule has 0 aliphatic carbocycles. The molecule has 1 aliphatic heterocycles. The Balaban J connectivity index is 1.56. The second-order valence-electron chi connectivity index (χ2n) is 7.86. The Morgan fingerprint density at radius 2 is 1.86 bits per heavy atom. The first kappa shape index (κ1) is 25.1. The molecule has 1 atom stereocenters. The third-order valence-corrected chi connectivity index (χ3v) is 7.41. The van der Waals surface area contributed by atoms with Crippen LogP contribution in [0.1, 0.15) is 17.7 Å². The Kier molecular flexibility index (Phi) is 8.10. The molecular weight excluding hydrogens is 492 g/mol. The number of hydrogen-bond donors (Lipinski definition) is 3. The molecular formula is C27H24N4O3S2. The molecule has 36 heavy (non-hydrogen) atoms. The molecule has 2 aromatic carbocycles. The fraction of sp³-hybridized carbons (Fsp3) is 0.148. The minimum atomic E-state index is -0.538. The van der Waals surface area contributed by atoms with E-state index in [0.29, 0.717) is 39.0 Å². The van der Waals surface area contributed by atoms with Crippen LogP contribution < -0.4 is 20.7 Å². The topological polar surface area (TPSA) is 103 Å². The van der Waals surface area contributed by atoms with E-state index in [9.17, 15) is 14.9 Å². The van der Waals surface area contributed by atoms with E-state index in [0.717, 1.165) is 4.88 Å². The van der Waals surface area contributed by atoms with Crippen LogP contribution in [-0.4, -0.2) is 24.7 Å². The van der Waals surface area contributed by atoms with E-state index in [1.807, 2.05) is 54.8 Å². The van der Waals surface area contributed by atoms with Crippen molar-refractivity contribution in [3.05, 3.63) is 98.9 Å². The molecule has 0 fully saturated rings. The highest BCUT2D eigenvalue weighted by Crippen LogP contribution is 2.42. The van der Waals surface area contributed by atoms with Gasteiger partial charge in [0.05, 0.1) is 35.5 Å². The number of hydrogen-bond acceptors (Lipinski definition) is 7. The maximum Gasteiger partial charge on any atom is 0.254 e. The van der Waals surface area contributed by atoms with Crippen LogP contribution in [0, 0.1) is 11.3 Å². The number of dihydropyridines is 1. The minimum absolute atomic E-state index is 0.0840. The molecule has 0 saturated heterocycles. The normalized spacial score (nSPS) is 15.1. The van der Waals surface area contributed by atoms with Gasteiger partial charge in [-0.05, 0) is 42.6 Å². The van der Waals surface area contributed by atoms with Gasteiger partial charge < -0.3 is 20.7 Å². The molecule has 182 valence electrons. The van der Waals surface area contributed by atoms with Gasteiger partial charge in [0.1, 0.15) is 5.75 Å². The third-order valence-electron chi connectivity index (χ3n) is 5.45. The first-order valence-corrected chi connectivity index (χ1v) is 12.9. The van der Waals surface area contributed by atoms with Crippen molar-refractivity contribution in [2.24, 2.45) is 0 Å². The smallest absolute Gasteiger partial charge is 0.254 e. The molecule has 1 aromatic heterocycles. The summed E-state index contributed by atoms with van der Waals surface area (Å²) in [7, 11) is 1.57. The summed E-state index contributed by atoms with van der Waals surface area (Å²) in [5.41, 5.74) is 2.81. The number of thiophene rings is 1. The minimum Gasteiger partial charge on any atom is -0.497 e. The first-order chi connectivity index (χ1) is 17.5. The van der Waals surface area contributed by atoms with Crippen LogP contribution in [0.15, 0.2) is 94.0 Å². The lowest BCUT2D eigenvalue weighted by Crippen LogP contribution is -2.30. The van der Waals surface area contributed by atoms with Crippen molar-refractivity contribution in [2.75, 3.05) is 23.5 Å². The molecule has 0 saturated carbocycles. The number of anilines is 2. The fourth-order valence-corrected chi connectivity index (χ4v) is 5.56. The van der Waals surface area contributed by atoms with E-state index in [1.165, 1.54) is 23.1 Å². The van der Waals surface area contributed by atoms with E-state index in [-0.39, 0.29) is 17.6 Å². The number of amides is 2. The predicted molar refractivity (Wildman–Crippen MR) is 145 cm³/mol. The Hall–Kier alpha value is -4.00. The van der Waals surface area contributed by atoms with Gasteiger partial charge in [-0.25, -0.2) is 0 Å². The molecule has 0 unspecified atom stereocenters. The van der Waals surface area contributed by atoms with E-state index >= 15 is 0 Å². The van der Waals surface area contributed by atoms with Crippen molar-refractivity contribution in [3.8, 4) is 11.8 Å². The maximum atomic E-state index is 13.4. The molecule has 0 bridgehead atoms. The van der Waals surface area contributed by atoms with Crippen LogP contribution in [0.2, 0.25) is 0 Å². The molecule has 2 amide bonds. The first-order valence-electron chi connectivity index (χ1n) is 11.1. The molecule has 3 N–H and O–H groups in total. The van der Waals surface area contributed by atoms with Crippen molar-refractivity contribution >= 4 is 46.3 Å². The molecule has 2 heterocycles. The number of allylic oxidation sites excluding steroid dienone is 2. The summed E-state index contributed by atoms with van der Waals surface area (Å²) in [4.78, 5) is 26.9. The van der Waals surface area contributed by atoms with E-state index in [2.05, 4.69) is 22.0 Å². The van der Waals surface area contributed by atoms with Crippen molar-refractivity contribution in [3.63, 3.8) is 0 Å². The van der Waals surface area contributed by atoms with E-state index in [1.54, 1.807) is 31.4 Å². The van der Waals surface area contributed by atoms with Gasteiger partial charge in [-0.2, -0.15) is 5.26 Å². The number of rotatable bonds is 8. The lowest BCUT2D eigenvalue weighted by molar-refractivity contribution is -0.114. The third kappa shape index (κ3) is 5.79. The van der Waals surface area contributed by atoms with Gasteiger partial charge in [0.25, 0.3) is 5.91 Å². The summed E-state index contributed by atoms with van der Waals surface area (Å²) in [5, 5.41) is 21.6. The zero-order valence-corrected chi connectivity index (χ0v) is 21.3. The number of ether oxygens (including phenoxy) is 1. The quantitative estimate of drug-likeness (QED) is 0.367. The summed E-state index contributed by atoms with van der Waals surface area (Å²) in [5.74, 6) is -0.312.